The zero-order valence-corrected chi connectivity index (χ0v) is 14.9. The van der Waals surface area contributed by atoms with Crippen molar-refractivity contribution in [3.63, 3.8) is 0 Å². The van der Waals surface area contributed by atoms with Crippen LogP contribution in [0.5, 0.6) is 0 Å². The molecular weight excluding hydrogens is 344 g/mol. The molecule has 0 fully saturated rings. The molecule has 2 aromatic carbocycles. The van der Waals surface area contributed by atoms with Gasteiger partial charge in [0.25, 0.3) is 0 Å². The third-order valence-electron chi connectivity index (χ3n) is 5.92. The third kappa shape index (κ3) is 1.68. The molecule has 0 atom stereocenters. The summed E-state index contributed by atoms with van der Waals surface area (Å²) in [5, 5.41) is 2.18. The van der Waals surface area contributed by atoms with E-state index in [0.29, 0.717) is 0 Å². The van der Waals surface area contributed by atoms with Crippen LogP contribution in [0, 0.1) is 0 Å². The Morgan fingerprint density at radius 3 is 2.75 bits per heavy atom. The topological polar surface area (TPSA) is 43.1 Å². The van der Waals surface area contributed by atoms with Gasteiger partial charge in [0, 0.05) is 29.4 Å². The highest BCUT2D eigenvalue weighted by atomic mass is 15.0. The lowest BCUT2D eigenvalue weighted by atomic mass is 10.1. The van der Waals surface area contributed by atoms with Crippen molar-refractivity contribution in [3.05, 3.63) is 84.3 Å². The van der Waals surface area contributed by atoms with Crippen molar-refractivity contribution in [2.24, 2.45) is 0 Å². The van der Waals surface area contributed by atoms with E-state index in [4.69, 9.17) is 4.98 Å². The monoisotopic (exact) mass is 358 g/mol. The summed E-state index contributed by atoms with van der Waals surface area (Å²) >= 11 is 0. The molecule has 0 aliphatic heterocycles. The van der Waals surface area contributed by atoms with Gasteiger partial charge in [-0.1, -0.05) is 30.3 Å². The summed E-state index contributed by atoms with van der Waals surface area (Å²) in [6.45, 7) is 0. The number of rotatable bonds is 0. The Morgan fingerprint density at radius 2 is 1.75 bits per heavy atom. The summed E-state index contributed by atoms with van der Waals surface area (Å²) in [7, 11) is 0. The van der Waals surface area contributed by atoms with Gasteiger partial charge >= 0.3 is 0 Å². The quantitative estimate of drug-likeness (QED) is 0.352. The molecule has 6 aromatic rings. The maximum Gasteiger partial charge on any atom is 0.165 e. The van der Waals surface area contributed by atoms with Gasteiger partial charge in [-0.3, -0.25) is 14.4 Å². The van der Waals surface area contributed by atoms with Gasteiger partial charge in [-0.25, -0.2) is 4.98 Å². The average molecular weight is 358 g/mol. The van der Waals surface area contributed by atoms with Crippen molar-refractivity contribution in [1.29, 1.82) is 0 Å². The van der Waals surface area contributed by atoms with Crippen molar-refractivity contribution in [2.75, 3.05) is 0 Å². The molecule has 0 N–H and O–H groups in total. The maximum absolute atomic E-state index is 5.01. The Hall–Kier alpha value is -3.79. The normalized spacial score (nSPS) is 12.9. The van der Waals surface area contributed by atoms with Crippen molar-refractivity contribution in [2.45, 2.75) is 6.42 Å². The van der Waals surface area contributed by atoms with Crippen molar-refractivity contribution in [3.8, 4) is 11.1 Å². The van der Waals surface area contributed by atoms with Gasteiger partial charge in [0.1, 0.15) is 5.52 Å². The molecule has 4 aromatic heterocycles. The first-order valence-electron chi connectivity index (χ1n) is 9.42. The van der Waals surface area contributed by atoms with Crippen molar-refractivity contribution < 1.29 is 0 Å². The van der Waals surface area contributed by atoms with Crippen LogP contribution in [0.4, 0.5) is 0 Å². The number of hydrogen-bond acceptors (Lipinski definition) is 3. The van der Waals surface area contributed by atoms with E-state index in [1.807, 2.05) is 24.7 Å². The highest BCUT2D eigenvalue weighted by Gasteiger charge is 2.21. The predicted molar refractivity (Wildman–Crippen MR) is 112 cm³/mol. The second-order valence-electron chi connectivity index (χ2n) is 7.40. The maximum atomic E-state index is 5.01. The van der Waals surface area contributed by atoms with Crippen LogP contribution in [0.15, 0.2) is 73.2 Å². The van der Waals surface area contributed by atoms with Crippen LogP contribution in [0.3, 0.4) is 0 Å². The number of imidazole rings is 1. The molecule has 0 bridgehead atoms. The zero-order valence-electron chi connectivity index (χ0n) is 14.9. The lowest BCUT2D eigenvalue weighted by molar-refractivity contribution is 1.26. The first kappa shape index (κ1) is 14.3. The van der Waals surface area contributed by atoms with E-state index in [-0.39, 0.29) is 0 Å². The molecule has 1 aliphatic carbocycles. The second-order valence-corrected chi connectivity index (χ2v) is 7.40. The molecule has 0 unspecified atom stereocenters. The smallest absolute Gasteiger partial charge is 0.165 e. The van der Waals surface area contributed by atoms with Gasteiger partial charge in [-0.05, 0) is 52.9 Å². The van der Waals surface area contributed by atoms with E-state index in [0.717, 1.165) is 44.9 Å². The minimum Gasteiger partial charge on any atom is -0.290 e. The molecule has 4 heterocycles. The third-order valence-corrected chi connectivity index (χ3v) is 5.92. The first-order chi connectivity index (χ1) is 13.9. The minimum absolute atomic E-state index is 0.904. The molecule has 130 valence electrons. The summed E-state index contributed by atoms with van der Waals surface area (Å²) in [5.41, 5.74) is 10.4. The minimum atomic E-state index is 0.904. The van der Waals surface area contributed by atoms with Gasteiger partial charge in [-0.2, -0.15) is 0 Å². The molecule has 0 amide bonds. The van der Waals surface area contributed by atoms with Gasteiger partial charge in [0.2, 0.25) is 0 Å². The van der Waals surface area contributed by atoms with Gasteiger partial charge in [0.05, 0.1) is 16.6 Å². The molecule has 0 saturated carbocycles. The number of benzene rings is 2. The lowest BCUT2D eigenvalue weighted by Gasteiger charge is -2.08. The molecule has 0 saturated heterocycles. The van der Waals surface area contributed by atoms with Crippen molar-refractivity contribution in [1.82, 2.24) is 19.4 Å². The number of nitrogens with zero attached hydrogens (tertiary/aromatic N) is 4. The molecule has 4 heteroatoms. The van der Waals surface area contributed by atoms with Crippen LogP contribution in [0.1, 0.15) is 11.1 Å². The van der Waals surface area contributed by atoms with Crippen LogP contribution in [0.2, 0.25) is 0 Å². The fourth-order valence-electron chi connectivity index (χ4n) is 4.70. The Bertz CT molecular complexity index is 1590. The number of aromatic nitrogens is 4. The lowest BCUT2D eigenvalue weighted by Crippen LogP contribution is -1.93. The Balaban J connectivity index is 1.72. The average Bonchev–Trinajstić information content (AvgIpc) is 3.30. The Morgan fingerprint density at radius 1 is 0.786 bits per heavy atom. The standard InChI is InChI=1S/C24H14N4/c1-2-5-16-14(4-1)10-15-11-20-22(12-18(15)16)28-21-7-9-25-13-19(21)17-6-3-8-26-23(17)24(28)27-20/h1-9,11-13H,10H2. The molecule has 28 heavy (non-hydrogen) atoms. The van der Waals surface area contributed by atoms with E-state index < -0.39 is 0 Å². The van der Waals surface area contributed by atoms with Gasteiger partial charge in [0.15, 0.2) is 5.65 Å². The molecule has 4 nitrogen and oxygen atoms in total. The van der Waals surface area contributed by atoms with E-state index in [9.17, 15) is 0 Å². The predicted octanol–water partition coefficient (Wildman–Crippen LogP) is 5.16. The molecule has 7 rings (SSSR count). The van der Waals surface area contributed by atoms with E-state index >= 15 is 0 Å². The van der Waals surface area contributed by atoms with Crippen LogP contribution in [-0.2, 0) is 6.42 Å². The van der Waals surface area contributed by atoms with E-state index in [1.165, 1.54) is 22.3 Å². The Labute approximate surface area is 160 Å². The van der Waals surface area contributed by atoms with E-state index in [2.05, 4.69) is 62.9 Å². The van der Waals surface area contributed by atoms with Gasteiger partial charge in [-0.15, -0.1) is 0 Å². The molecular formula is C24H14N4. The Kier molecular flexibility index (Phi) is 2.51. The highest BCUT2D eigenvalue weighted by molar-refractivity contribution is 6.12. The van der Waals surface area contributed by atoms with Crippen LogP contribution in [-0.4, -0.2) is 19.4 Å². The first-order valence-corrected chi connectivity index (χ1v) is 9.42. The summed E-state index contributed by atoms with van der Waals surface area (Å²) in [6, 6.07) is 19.4. The van der Waals surface area contributed by atoms with E-state index in [1.54, 1.807) is 0 Å². The number of pyridine rings is 3. The summed E-state index contributed by atoms with van der Waals surface area (Å²) in [4.78, 5) is 14.0. The zero-order chi connectivity index (χ0) is 18.2. The largest absolute Gasteiger partial charge is 0.290 e. The van der Waals surface area contributed by atoms with Crippen molar-refractivity contribution >= 4 is 38.5 Å². The molecule has 0 spiro atoms. The SMILES string of the molecule is c1ccc2c(c1)Cc1cc3nc4c5ncccc5c5cnccc5n4c3cc1-2. The summed E-state index contributed by atoms with van der Waals surface area (Å²) < 4.78 is 2.24. The fourth-order valence-corrected chi connectivity index (χ4v) is 4.70. The molecule has 0 radical (unpaired) electrons. The second kappa shape index (κ2) is 4.93. The van der Waals surface area contributed by atoms with Crippen LogP contribution < -0.4 is 0 Å². The van der Waals surface area contributed by atoms with Gasteiger partial charge < -0.3 is 0 Å². The number of hydrogen-bond donors (Lipinski definition) is 0. The highest BCUT2D eigenvalue weighted by Crippen LogP contribution is 2.40. The van der Waals surface area contributed by atoms with Crippen LogP contribution in [0.25, 0.3) is 49.6 Å². The molecule has 1 aliphatic rings. The fraction of sp³-hybridized carbons (Fsp3) is 0.0417. The summed E-state index contributed by atoms with van der Waals surface area (Å²) in [5.74, 6) is 0. The van der Waals surface area contributed by atoms with Crippen LogP contribution >= 0.6 is 0 Å². The summed E-state index contributed by atoms with van der Waals surface area (Å²) in [6.07, 6.45) is 6.57. The number of fused-ring (bicyclic) bond motifs is 11.